The van der Waals surface area contributed by atoms with Crippen molar-refractivity contribution in [1.82, 2.24) is 14.7 Å². The average Bonchev–Trinajstić information content (AvgIpc) is 3.39. The Balaban J connectivity index is 1.37. The van der Waals surface area contributed by atoms with Gasteiger partial charge < -0.3 is 20.0 Å². The number of hydrogen-bond acceptors (Lipinski definition) is 5. The summed E-state index contributed by atoms with van der Waals surface area (Å²) in [5, 5.41) is 3.19. The summed E-state index contributed by atoms with van der Waals surface area (Å²) in [4.78, 5) is 43.4. The van der Waals surface area contributed by atoms with Crippen LogP contribution in [-0.2, 0) is 9.59 Å². The number of benzene rings is 2. The first-order chi connectivity index (χ1) is 16.4. The van der Waals surface area contributed by atoms with E-state index in [9.17, 15) is 23.2 Å². The summed E-state index contributed by atoms with van der Waals surface area (Å²) in [6, 6.07) is 13.7. The van der Waals surface area contributed by atoms with Crippen LogP contribution in [0, 0.1) is 0 Å². The monoisotopic (exact) mass is 488 g/mol. The Hall–Kier alpha value is -3.14. The lowest BCUT2D eigenvalue weighted by Crippen LogP contribution is -2.54. The highest BCUT2D eigenvalue weighted by molar-refractivity contribution is 7.99. The standard InChI is InChI=1S/C24H26F2N4O3S/c25-24(26)34-18-9-7-17(8-10-18)27-20-6-2-1-5-19(20)21(31)29-13-15-30(16-14-29)23(33)22(32)28-11-3-4-12-28/h1-2,5-10,24,27H,3-4,11-16H2. The number of hydrogen-bond donors (Lipinski definition) is 1. The van der Waals surface area contributed by atoms with E-state index in [1.54, 1.807) is 58.3 Å². The molecule has 2 heterocycles. The molecule has 4 rings (SSSR count). The molecule has 2 aromatic carbocycles. The van der Waals surface area contributed by atoms with Crippen LogP contribution >= 0.6 is 11.8 Å². The molecule has 180 valence electrons. The second-order valence-electron chi connectivity index (χ2n) is 8.16. The highest BCUT2D eigenvalue weighted by Gasteiger charge is 2.32. The summed E-state index contributed by atoms with van der Waals surface area (Å²) in [6.07, 6.45) is 1.85. The molecule has 0 spiro atoms. The third-order valence-corrected chi connectivity index (χ3v) is 6.67. The highest BCUT2D eigenvalue weighted by atomic mass is 32.2. The number of carbonyl (C=O) groups is 3. The fourth-order valence-electron chi connectivity index (χ4n) is 4.13. The van der Waals surface area contributed by atoms with E-state index in [2.05, 4.69) is 5.32 Å². The first-order valence-electron chi connectivity index (χ1n) is 11.2. The number of alkyl halides is 2. The van der Waals surface area contributed by atoms with Crippen molar-refractivity contribution in [3.63, 3.8) is 0 Å². The molecule has 3 amide bonds. The number of nitrogens with one attached hydrogen (secondary N) is 1. The molecule has 0 atom stereocenters. The average molecular weight is 489 g/mol. The Labute approximate surface area is 201 Å². The van der Waals surface area contributed by atoms with Crippen molar-refractivity contribution < 1.29 is 23.2 Å². The summed E-state index contributed by atoms with van der Waals surface area (Å²) in [5.41, 5.74) is 1.75. The first-order valence-corrected chi connectivity index (χ1v) is 12.1. The maximum absolute atomic E-state index is 13.2. The summed E-state index contributed by atoms with van der Waals surface area (Å²) >= 11 is 0.478. The molecule has 0 unspecified atom stereocenters. The van der Waals surface area contributed by atoms with Crippen LogP contribution in [0.1, 0.15) is 23.2 Å². The van der Waals surface area contributed by atoms with Crippen molar-refractivity contribution in [1.29, 1.82) is 0 Å². The van der Waals surface area contributed by atoms with Crippen LogP contribution in [0.4, 0.5) is 20.2 Å². The van der Waals surface area contributed by atoms with Gasteiger partial charge in [0.1, 0.15) is 0 Å². The minimum atomic E-state index is -2.48. The van der Waals surface area contributed by atoms with Gasteiger partial charge in [0.25, 0.3) is 11.7 Å². The summed E-state index contributed by atoms with van der Waals surface area (Å²) < 4.78 is 25.1. The number of anilines is 2. The van der Waals surface area contributed by atoms with Crippen LogP contribution < -0.4 is 5.32 Å². The molecule has 10 heteroatoms. The van der Waals surface area contributed by atoms with E-state index >= 15 is 0 Å². The molecule has 0 radical (unpaired) electrons. The Kier molecular flexibility index (Phi) is 7.66. The van der Waals surface area contributed by atoms with Gasteiger partial charge in [0, 0.05) is 49.9 Å². The first kappa shape index (κ1) is 24.0. The Morgan fingerprint density at radius 2 is 1.32 bits per heavy atom. The van der Waals surface area contributed by atoms with Gasteiger partial charge in [-0.25, -0.2) is 0 Å². The molecule has 0 bridgehead atoms. The summed E-state index contributed by atoms with van der Waals surface area (Å²) in [6.45, 7) is 2.55. The van der Waals surface area contributed by atoms with E-state index < -0.39 is 17.6 Å². The Morgan fingerprint density at radius 3 is 1.94 bits per heavy atom. The summed E-state index contributed by atoms with van der Waals surface area (Å²) in [7, 11) is 0. The van der Waals surface area contributed by atoms with Crippen LogP contribution in [0.15, 0.2) is 53.4 Å². The van der Waals surface area contributed by atoms with Crippen LogP contribution in [0.5, 0.6) is 0 Å². The van der Waals surface area contributed by atoms with E-state index in [0.29, 0.717) is 72.9 Å². The number of likely N-dealkylation sites (tertiary alicyclic amines) is 1. The van der Waals surface area contributed by atoms with Gasteiger partial charge in [0.2, 0.25) is 0 Å². The van der Waals surface area contributed by atoms with Crippen LogP contribution in [-0.4, -0.2) is 77.4 Å². The van der Waals surface area contributed by atoms with Crippen molar-refractivity contribution in [2.75, 3.05) is 44.6 Å². The number of piperazine rings is 1. The van der Waals surface area contributed by atoms with Gasteiger partial charge in [-0.2, -0.15) is 8.78 Å². The maximum Gasteiger partial charge on any atom is 0.312 e. The molecular weight excluding hydrogens is 462 g/mol. The zero-order valence-electron chi connectivity index (χ0n) is 18.6. The molecule has 2 aliphatic heterocycles. The minimum absolute atomic E-state index is 0.175. The van der Waals surface area contributed by atoms with E-state index in [-0.39, 0.29) is 5.91 Å². The quantitative estimate of drug-likeness (QED) is 0.514. The predicted molar refractivity (Wildman–Crippen MR) is 126 cm³/mol. The molecule has 0 aliphatic carbocycles. The molecule has 34 heavy (non-hydrogen) atoms. The largest absolute Gasteiger partial charge is 0.355 e. The lowest BCUT2D eigenvalue weighted by molar-refractivity contribution is -0.152. The number of amides is 3. The number of thioether (sulfide) groups is 1. The van der Waals surface area contributed by atoms with E-state index in [1.807, 2.05) is 0 Å². The highest BCUT2D eigenvalue weighted by Crippen LogP contribution is 2.28. The van der Waals surface area contributed by atoms with Crippen molar-refractivity contribution >= 4 is 40.9 Å². The molecule has 2 aliphatic rings. The van der Waals surface area contributed by atoms with Gasteiger partial charge in [-0.1, -0.05) is 23.9 Å². The van der Waals surface area contributed by atoms with Crippen molar-refractivity contribution in [3.05, 3.63) is 54.1 Å². The molecule has 2 saturated heterocycles. The smallest absolute Gasteiger partial charge is 0.312 e. The van der Waals surface area contributed by atoms with Crippen molar-refractivity contribution in [2.24, 2.45) is 0 Å². The number of halogens is 2. The SMILES string of the molecule is O=C(C(=O)N1CCN(C(=O)c2ccccc2Nc2ccc(SC(F)F)cc2)CC1)N1CCCC1. The van der Waals surface area contributed by atoms with Crippen LogP contribution in [0.3, 0.4) is 0 Å². The van der Waals surface area contributed by atoms with Crippen molar-refractivity contribution in [3.8, 4) is 0 Å². The molecule has 0 saturated carbocycles. The zero-order chi connectivity index (χ0) is 24.1. The van der Waals surface area contributed by atoms with Crippen LogP contribution in [0.25, 0.3) is 0 Å². The number of carbonyl (C=O) groups excluding carboxylic acids is 3. The second kappa shape index (κ2) is 10.9. The third-order valence-electron chi connectivity index (χ3n) is 5.95. The molecule has 1 N–H and O–H groups in total. The molecule has 2 fully saturated rings. The third kappa shape index (κ3) is 5.67. The summed E-state index contributed by atoms with van der Waals surface area (Å²) in [5.74, 6) is -3.61. The van der Waals surface area contributed by atoms with Gasteiger partial charge in [0.15, 0.2) is 0 Å². The van der Waals surface area contributed by atoms with Gasteiger partial charge in [-0.15, -0.1) is 0 Å². The fraction of sp³-hybridized carbons (Fsp3) is 0.375. The molecule has 2 aromatic rings. The van der Waals surface area contributed by atoms with Gasteiger partial charge in [-0.05, 0) is 49.2 Å². The topological polar surface area (TPSA) is 73.0 Å². The minimum Gasteiger partial charge on any atom is -0.355 e. The van der Waals surface area contributed by atoms with Crippen LogP contribution in [0.2, 0.25) is 0 Å². The fourth-order valence-corrected chi connectivity index (χ4v) is 4.63. The van der Waals surface area contributed by atoms with Gasteiger partial charge in [-0.3, -0.25) is 14.4 Å². The van der Waals surface area contributed by atoms with Gasteiger partial charge in [0.05, 0.1) is 11.3 Å². The number of nitrogens with zero attached hydrogens (tertiary/aromatic N) is 3. The predicted octanol–water partition coefficient (Wildman–Crippen LogP) is 3.65. The Morgan fingerprint density at radius 1 is 0.765 bits per heavy atom. The second-order valence-corrected chi connectivity index (χ2v) is 9.22. The Bertz CT molecular complexity index is 1040. The lowest BCUT2D eigenvalue weighted by atomic mass is 10.1. The maximum atomic E-state index is 13.2. The molecule has 7 nitrogen and oxygen atoms in total. The normalized spacial score (nSPS) is 16.1. The van der Waals surface area contributed by atoms with E-state index in [1.165, 1.54) is 4.90 Å². The lowest BCUT2D eigenvalue weighted by Gasteiger charge is -2.35. The number of rotatable bonds is 5. The molecule has 0 aromatic heterocycles. The van der Waals surface area contributed by atoms with Crippen molar-refractivity contribution in [2.45, 2.75) is 23.5 Å². The number of para-hydroxylation sites is 1. The molecular formula is C24H26F2N4O3S. The van der Waals surface area contributed by atoms with E-state index in [0.717, 1.165) is 12.8 Å². The van der Waals surface area contributed by atoms with E-state index in [4.69, 9.17) is 0 Å². The van der Waals surface area contributed by atoms with Gasteiger partial charge >= 0.3 is 11.8 Å². The zero-order valence-corrected chi connectivity index (χ0v) is 19.4.